The second-order valence-electron chi connectivity index (χ2n) is 6.82. The van der Waals surface area contributed by atoms with Gasteiger partial charge in [0.2, 0.25) is 0 Å². The monoisotopic (exact) mass is 375 g/mol. The zero-order valence-electron chi connectivity index (χ0n) is 16.0. The molecule has 1 heterocycles. The number of carbonyl (C=O) groups excluding carboxylic acids is 1. The van der Waals surface area contributed by atoms with Crippen molar-refractivity contribution < 1.29 is 4.79 Å². The van der Waals surface area contributed by atoms with E-state index in [4.69, 9.17) is 0 Å². The summed E-state index contributed by atoms with van der Waals surface area (Å²) in [5.41, 5.74) is 2.14. The average Bonchev–Trinajstić information content (AvgIpc) is 2.71. The first-order valence-corrected chi connectivity index (χ1v) is 9.37. The van der Waals surface area contributed by atoms with Crippen LogP contribution in [0.1, 0.15) is 21.5 Å². The molecule has 1 amide bonds. The van der Waals surface area contributed by atoms with Crippen molar-refractivity contribution in [3.8, 4) is 0 Å². The fourth-order valence-corrected chi connectivity index (χ4v) is 3.04. The maximum absolute atomic E-state index is 12.6. The van der Waals surface area contributed by atoms with Gasteiger partial charge in [0.15, 0.2) is 0 Å². The summed E-state index contributed by atoms with van der Waals surface area (Å²) in [6.07, 6.45) is 1.71. The number of nitrogens with zero attached hydrogens (tertiary/aromatic N) is 2. The fourth-order valence-electron chi connectivity index (χ4n) is 3.04. The summed E-state index contributed by atoms with van der Waals surface area (Å²) in [5, 5.41) is 2.85. The van der Waals surface area contributed by atoms with Crippen molar-refractivity contribution in [2.75, 3.05) is 20.1 Å². The van der Waals surface area contributed by atoms with Crippen LogP contribution >= 0.6 is 0 Å². The highest BCUT2D eigenvalue weighted by molar-refractivity contribution is 5.93. The molecule has 0 saturated carbocycles. The Morgan fingerprint density at radius 2 is 1.57 bits per heavy atom. The lowest BCUT2D eigenvalue weighted by molar-refractivity contribution is 0.0947. The topological polar surface area (TPSA) is 54.3 Å². The summed E-state index contributed by atoms with van der Waals surface area (Å²) in [6.45, 7) is 2.44. The van der Waals surface area contributed by atoms with Gasteiger partial charge in [0.25, 0.3) is 11.5 Å². The zero-order chi connectivity index (χ0) is 19.8. The van der Waals surface area contributed by atoms with Crippen LogP contribution in [-0.2, 0) is 13.1 Å². The predicted octanol–water partition coefficient (Wildman–Crippen LogP) is 2.76. The van der Waals surface area contributed by atoms with Crippen LogP contribution in [0.3, 0.4) is 0 Å². The largest absolute Gasteiger partial charge is 0.351 e. The number of amides is 1. The Morgan fingerprint density at radius 3 is 2.25 bits per heavy atom. The van der Waals surface area contributed by atoms with E-state index in [1.165, 1.54) is 5.56 Å². The molecule has 0 radical (unpaired) electrons. The van der Waals surface area contributed by atoms with E-state index < -0.39 is 0 Å². The second-order valence-corrected chi connectivity index (χ2v) is 6.82. The summed E-state index contributed by atoms with van der Waals surface area (Å²) in [7, 11) is 2.01. The maximum Gasteiger partial charge on any atom is 0.263 e. The van der Waals surface area contributed by atoms with E-state index in [2.05, 4.69) is 22.3 Å². The molecule has 0 spiro atoms. The molecule has 0 aliphatic rings. The third-order valence-electron chi connectivity index (χ3n) is 4.53. The predicted molar refractivity (Wildman–Crippen MR) is 111 cm³/mol. The lowest BCUT2D eigenvalue weighted by atomic mass is 10.2. The summed E-state index contributed by atoms with van der Waals surface area (Å²) < 4.78 is 1.56. The minimum absolute atomic E-state index is 0.171. The molecule has 2 aromatic carbocycles. The first-order chi connectivity index (χ1) is 13.6. The van der Waals surface area contributed by atoms with Crippen molar-refractivity contribution in [1.29, 1.82) is 0 Å². The van der Waals surface area contributed by atoms with Gasteiger partial charge >= 0.3 is 0 Å². The Balaban J connectivity index is 1.55. The number of benzene rings is 2. The van der Waals surface area contributed by atoms with Crippen LogP contribution in [0.5, 0.6) is 0 Å². The first kappa shape index (κ1) is 19.6. The van der Waals surface area contributed by atoms with Gasteiger partial charge in [0.1, 0.15) is 5.56 Å². The third-order valence-corrected chi connectivity index (χ3v) is 4.53. The minimum Gasteiger partial charge on any atom is -0.351 e. The number of carbonyl (C=O) groups is 1. The number of rotatable bonds is 8. The summed E-state index contributed by atoms with van der Waals surface area (Å²) in [5.74, 6) is -0.333. The molecule has 0 atom stereocenters. The molecule has 5 heteroatoms. The third kappa shape index (κ3) is 5.41. The van der Waals surface area contributed by atoms with Crippen LogP contribution in [0.4, 0.5) is 0 Å². The van der Waals surface area contributed by atoms with Crippen LogP contribution < -0.4 is 10.9 Å². The summed E-state index contributed by atoms with van der Waals surface area (Å²) in [6, 6.07) is 23.2. The molecule has 0 saturated heterocycles. The smallest absolute Gasteiger partial charge is 0.263 e. The molecule has 3 rings (SSSR count). The van der Waals surface area contributed by atoms with Crippen molar-refractivity contribution in [2.45, 2.75) is 13.1 Å². The molecule has 5 nitrogen and oxygen atoms in total. The summed E-state index contributed by atoms with van der Waals surface area (Å²) in [4.78, 5) is 27.2. The quantitative estimate of drug-likeness (QED) is 0.659. The van der Waals surface area contributed by atoms with Gasteiger partial charge in [-0.3, -0.25) is 9.59 Å². The number of likely N-dealkylation sites (N-methyl/N-ethyl adjacent to an activating group) is 1. The van der Waals surface area contributed by atoms with Gasteiger partial charge in [-0.05, 0) is 30.3 Å². The molecule has 3 aromatic rings. The maximum atomic E-state index is 12.6. The Hall–Kier alpha value is -3.18. The van der Waals surface area contributed by atoms with Gasteiger partial charge in [-0.25, -0.2) is 0 Å². The van der Waals surface area contributed by atoms with E-state index >= 15 is 0 Å². The Morgan fingerprint density at radius 1 is 0.929 bits per heavy atom. The number of hydrogen-bond acceptors (Lipinski definition) is 3. The van der Waals surface area contributed by atoms with Crippen LogP contribution in [0.2, 0.25) is 0 Å². The molecular weight excluding hydrogens is 350 g/mol. The van der Waals surface area contributed by atoms with Gasteiger partial charge in [0.05, 0.1) is 6.54 Å². The highest BCUT2D eigenvalue weighted by Gasteiger charge is 2.12. The van der Waals surface area contributed by atoms with Crippen molar-refractivity contribution >= 4 is 5.91 Å². The van der Waals surface area contributed by atoms with Crippen molar-refractivity contribution in [2.24, 2.45) is 0 Å². The average molecular weight is 375 g/mol. The van der Waals surface area contributed by atoms with Gasteiger partial charge in [-0.1, -0.05) is 60.7 Å². The molecule has 0 bridgehead atoms. The minimum atomic E-state index is -0.333. The standard InChI is InChI=1S/C23H25N3O2/c1-25(17-19-9-4-2-5-10-19)16-14-24-22(27)21-13-8-15-26(23(21)28)18-20-11-6-3-7-12-20/h2-13,15H,14,16-18H2,1H3,(H,24,27). The van der Waals surface area contributed by atoms with Gasteiger partial charge in [-0.15, -0.1) is 0 Å². The van der Waals surface area contributed by atoms with Gasteiger partial charge < -0.3 is 14.8 Å². The summed E-state index contributed by atoms with van der Waals surface area (Å²) >= 11 is 0. The number of pyridine rings is 1. The van der Waals surface area contributed by atoms with Crippen molar-refractivity contribution in [3.63, 3.8) is 0 Å². The molecule has 28 heavy (non-hydrogen) atoms. The van der Waals surface area contributed by atoms with Crippen molar-refractivity contribution in [1.82, 2.24) is 14.8 Å². The Kier molecular flexibility index (Phi) is 6.76. The Bertz CT molecular complexity index is 952. The van der Waals surface area contributed by atoms with Gasteiger partial charge in [0, 0.05) is 25.8 Å². The fraction of sp³-hybridized carbons (Fsp3) is 0.217. The number of hydrogen-bond donors (Lipinski definition) is 1. The van der Waals surface area contributed by atoms with E-state index in [0.29, 0.717) is 19.6 Å². The van der Waals surface area contributed by atoms with Crippen molar-refractivity contribution in [3.05, 3.63) is 106 Å². The lowest BCUT2D eigenvalue weighted by Crippen LogP contribution is -2.36. The molecule has 144 valence electrons. The highest BCUT2D eigenvalue weighted by Crippen LogP contribution is 2.03. The first-order valence-electron chi connectivity index (χ1n) is 9.37. The van der Waals surface area contributed by atoms with Crippen LogP contribution in [0.15, 0.2) is 83.8 Å². The molecule has 0 aliphatic heterocycles. The SMILES string of the molecule is CN(CCNC(=O)c1cccn(Cc2ccccc2)c1=O)Cc1ccccc1. The Labute approximate surface area is 165 Å². The van der Waals surface area contributed by atoms with E-state index in [0.717, 1.165) is 12.1 Å². The molecule has 0 aliphatic carbocycles. The highest BCUT2D eigenvalue weighted by atomic mass is 16.2. The zero-order valence-corrected chi connectivity index (χ0v) is 16.0. The van der Waals surface area contributed by atoms with E-state index in [-0.39, 0.29) is 17.0 Å². The van der Waals surface area contributed by atoms with Gasteiger partial charge in [-0.2, -0.15) is 0 Å². The lowest BCUT2D eigenvalue weighted by Gasteiger charge is -2.17. The number of nitrogens with one attached hydrogen (secondary N) is 1. The molecule has 0 fully saturated rings. The van der Waals surface area contributed by atoms with E-state index in [9.17, 15) is 9.59 Å². The van der Waals surface area contributed by atoms with Crippen LogP contribution in [-0.4, -0.2) is 35.5 Å². The molecular formula is C23H25N3O2. The van der Waals surface area contributed by atoms with E-state index in [1.807, 2.05) is 55.6 Å². The van der Waals surface area contributed by atoms with Crippen LogP contribution in [0, 0.1) is 0 Å². The number of aromatic nitrogens is 1. The molecule has 1 aromatic heterocycles. The van der Waals surface area contributed by atoms with Crippen LogP contribution in [0.25, 0.3) is 0 Å². The normalized spacial score (nSPS) is 10.8. The molecule has 0 unspecified atom stereocenters. The molecule has 1 N–H and O–H groups in total. The second kappa shape index (κ2) is 9.67. The van der Waals surface area contributed by atoms with E-state index in [1.54, 1.807) is 22.9 Å².